The van der Waals surface area contributed by atoms with E-state index in [1.165, 1.54) is 0 Å². The van der Waals surface area contributed by atoms with Gasteiger partial charge in [0.15, 0.2) is 0 Å². The lowest BCUT2D eigenvalue weighted by Gasteiger charge is -2.29. The van der Waals surface area contributed by atoms with Crippen LogP contribution in [0.5, 0.6) is 0 Å². The number of piperidine rings is 1. The number of nitrogens with zero attached hydrogens (tertiary/aromatic N) is 1. The predicted octanol–water partition coefficient (Wildman–Crippen LogP) is 2.19. The van der Waals surface area contributed by atoms with E-state index in [4.69, 9.17) is 5.84 Å². The third-order valence-electron chi connectivity index (χ3n) is 3.11. The fraction of sp³-hybridized carbons (Fsp3) is 0.500. The van der Waals surface area contributed by atoms with E-state index >= 15 is 0 Å². The van der Waals surface area contributed by atoms with Crippen LogP contribution in [0.3, 0.4) is 0 Å². The Morgan fingerprint density at radius 2 is 2.27 bits per heavy atom. The summed E-state index contributed by atoms with van der Waals surface area (Å²) in [6.45, 7) is 3.49. The average molecular weight is 208 g/mol. The van der Waals surface area contributed by atoms with Crippen molar-refractivity contribution in [3.8, 4) is 0 Å². The summed E-state index contributed by atoms with van der Waals surface area (Å²) in [5.74, 6) is 5.96. The first kappa shape index (κ1) is 10.6. The molecule has 0 saturated carbocycles. The monoisotopic (exact) mass is 208 g/mol. The highest BCUT2D eigenvalue weighted by Gasteiger charge is 2.22. The zero-order valence-electron chi connectivity index (χ0n) is 9.04. The molecule has 0 aliphatic carbocycles. The summed E-state index contributed by atoms with van der Waals surface area (Å²) in [4.78, 5) is 0. The molecule has 1 fully saturated rings. The Morgan fingerprint density at radius 1 is 1.47 bits per heavy atom. The number of hydrogen-bond acceptors (Lipinski definition) is 2. The molecule has 1 aliphatic heterocycles. The Balaban J connectivity index is 2.24. The zero-order valence-corrected chi connectivity index (χ0v) is 9.04. The summed E-state index contributed by atoms with van der Waals surface area (Å²) < 4.78 is 13.9. The van der Waals surface area contributed by atoms with Crippen molar-refractivity contribution in [1.29, 1.82) is 0 Å². The molecule has 1 aliphatic rings. The Morgan fingerprint density at radius 3 is 3.00 bits per heavy atom. The Labute approximate surface area is 89.9 Å². The van der Waals surface area contributed by atoms with Crippen LogP contribution in [0.4, 0.5) is 4.39 Å². The molecular formula is C12H17FN2. The number of hydrazine groups is 1. The summed E-state index contributed by atoms with van der Waals surface area (Å²) in [5.41, 5.74) is 1.55. The first-order valence-corrected chi connectivity index (χ1v) is 5.43. The number of nitrogens with two attached hydrogens (primary N) is 1. The molecule has 1 aromatic carbocycles. The lowest BCUT2D eigenvalue weighted by Crippen LogP contribution is -2.39. The molecule has 3 heteroatoms. The van der Waals surface area contributed by atoms with E-state index in [2.05, 4.69) is 0 Å². The minimum atomic E-state index is -0.0576. The number of aryl methyl sites for hydroxylation is 1. The summed E-state index contributed by atoms with van der Waals surface area (Å²) in [5, 5.41) is 1.79. The fourth-order valence-electron chi connectivity index (χ4n) is 2.25. The second kappa shape index (κ2) is 4.29. The van der Waals surface area contributed by atoms with Crippen LogP contribution in [0.25, 0.3) is 0 Å². The van der Waals surface area contributed by atoms with Gasteiger partial charge in [-0.2, -0.15) is 0 Å². The van der Waals surface area contributed by atoms with Crippen LogP contribution >= 0.6 is 0 Å². The van der Waals surface area contributed by atoms with E-state index in [9.17, 15) is 4.39 Å². The van der Waals surface area contributed by atoms with Gasteiger partial charge < -0.3 is 0 Å². The maximum Gasteiger partial charge on any atom is 0.129 e. The lowest BCUT2D eigenvalue weighted by molar-refractivity contribution is 0.211. The standard InChI is InChI=1S/C12H17FN2/c1-9-4-2-6-11(12(9)13)10-5-3-7-15(14)8-10/h2,4,6,10H,3,5,7-8,14H2,1H3. The van der Waals surface area contributed by atoms with E-state index in [0.29, 0.717) is 0 Å². The molecule has 1 atom stereocenters. The highest BCUT2D eigenvalue weighted by atomic mass is 19.1. The summed E-state index contributed by atoms with van der Waals surface area (Å²) in [7, 11) is 0. The van der Waals surface area contributed by atoms with Gasteiger partial charge in [-0.1, -0.05) is 18.2 Å². The Hall–Kier alpha value is -0.930. The first-order valence-electron chi connectivity index (χ1n) is 5.43. The molecule has 1 heterocycles. The van der Waals surface area contributed by atoms with Crippen molar-refractivity contribution >= 4 is 0 Å². The maximum absolute atomic E-state index is 13.9. The molecule has 2 rings (SSSR count). The fourth-order valence-corrected chi connectivity index (χ4v) is 2.25. The van der Waals surface area contributed by atoms with E-state index < -0.39 is 0 Å². The zero-order chi connectivity index (χ0) is 10.8. The highest BCUT2D eigenvalue weighted by molar-refractivity contribution is 5.28. The van der Waals surface area contributed by atoms with Crippen molar-refractivity contribution < 1.29 is 4.39 Å². The summed E-state index contributed by atoms with van der Waals surface area (Å²) in [6.07, 6.45) is 2.09. The molecule has 0 amide bonds. The minimum Gasteiger partial charge on any atom is -0.269 e. The van der Waals surface area contributed by atoms with E-state index in [0.717, 1.165) is 37.1 Å². The molecule has 0 aromatic heterocycles. The normalized spacial score (nSPS) is 23.0. The van der Waals surface area contributed by atoms with Gasteiger partial charge in [0.05, 0.1) is 0 Å². The molecule has 82 valence electrons. The van der Waals surface area contributed by atoms with Crippen molar-refractivity contribution in [1.82, 2.24) is 5.01 Å². The van der Waals surface area contributed by atoms with E-state index in [-0.39, 0.29) is 11.7 Å². The van der Waals surface area contributed by atoms with Gasteiger partial charge in [0.25, 0.3) is 0 Å². The van der Waals surface area contributed by atoms with Crippen LogP contribution in [0.1, 0.15) is 29.9 Å². The molecule has 1 saturated heterocycles. The first-order chi connectivity index (χ1) is 7.18. The van der Waals surface area contributed by atoms with E-state index in [1.54, 1.807) is 5.01 Å². The Kier molecular flexibility index (Phi) is 3.03. The molecule has 1 aromatic rings. The summed E-state index contributed by atoms with van der Waals surface area (Å²) >= 11 is 0. The van der Waals surface area contributed by atoms with Crippen molar-refractivity contribution in [2.75, 3.05) is 13.1 Å². The van der Waals surface area contributed by atoms with Gasteiger partial charge >= 0.3 is 0 Å². The number of rotatable bonds is 1. The van der Waals surface area contributed by atoms with Gasteiger partial charge in [-0.25, -0.2) is 9.40 Å². The van der Waals surface area contributed by atoms with Crippen molar-refractivity contribution in [2.45, 2.75) is 25.7 Å². The third kappa shape index (κ3) is 2.19. The SMILES string of the molecule is Cc1cccc(C2CCCN(N)C2)c1F. The molecular weight excluding hydrogens is 191 g/mol. The molecule has 15 heavy (non-hydrogen) atoms. The van der Waals surface area contributed by atoms with Gasteiger partial charge in [0, 0.05) is 19.0 Å². The van der Waals surface area contributed by atoms with Crippen LogP contribution in [0.15, 0.2) is 18.2 Å². The van der Waals surface area contributed by atoms with Gasteiger partial charge in [-0.05, 0) is 30.9 Å². The summed E-state index contributed by atoms with van der Waals surface area (Å²) in [6, 6.07) is 5.61. The minimum absolute atomic E-state index is 0.0576. The molecule has 0 bridgehead atoms. The average Bonchev–Trinajstić information content (AvgIpc) is 2.22. The van der Waals surface area contributed by atoms with Crippen molar-refractivity contribution in [3.63, 3.8) is 0 Å². The quantitative estimate of drug-likeness (QED) is 0.717. The van der Waals surface area contributed by atoms with Crippen LogP contribution < -0.4 is 5.84 Å². The Bertz CT molecular complexity index is 351. The molecule has 2 N–H and O–H groups in total. The molecule has 0 spiro atoms. The van der Waals surface area contributed by atoms with Crippen LogP contribution in [-0.4, -0.2) is 18.1 Å². The van der Waals surface area contributed by atoms with Crippen molar-refractivity contribution in [2.24, 2.45) is 5.84 Å². The molecule has 2 nitrogen and oxygen atoms in total. The number of halogens is 1. The van der Waals surface area contributed by atoms with Gasteiger partial charge in [-0.15, -0.1) is 0 Å². The van der Waals surface area contributed by atoms with Crippen LogP contribution in [0.2, 0.25) is 0 Å². The lowest BCUT2D eigenvalue weighted by atomic mass is 9.90. The molecule has 0 radical (unpaired) electrons. The second-order valence-electron chi connectivity index (χ2n) is 4.31. The third-order valence-corrected chi connectivity index (χ3v) is 3.11. The number of benzene rings is 1. The molecule has 1 unspecified atom stereocenters. The predicted molar refractivity (Wildman–Crippen MR) is 58.9 cm³/mol. The number of hydrogen-bond donors (Lipinski definition) is 1. The van der Waals surface area contributed by atoms with Crippen LogP contribution in [-0.2, 0) is 0 Å². The maximum atomic E-state index is 13.9. The van der Waals surface area contributed by atoms with E-state index in [1.807, 2.05) is 25.1 Å². The second-order valence-corrected chi connectivity index (χ2v) is 4.31. The topological polar surface area (TPSA) is 29.3 Å². The van der Waals surface area contributed by atoms with Crippen LogP contribution in [0, 0.1) is 12.7 Å². The smallest absolute Gasteiger partial charge is 0.129 e. The van der Waals surface area contributed by atoms with Crippen molar-refractivity contribution in [3.05, 3.63) is 35.1 Å². The van der Waals surface area contributed by atoms with Gasteiger partial charge in [0.2, 0.25) is 0 Å². The van der Waals surface area contributed by atoms with Gasteiger partial charge in [-0.3, -0.25) is 5.84 Å². The van der Waals surface area contributed by atoms with Gasteiger partial charge in [0.1, 0.15) is 5.82 Å². The largest absolute Gasteiger partial charge is 0.269 e. The highest BCUT2D eigenvalue weighted by Crippen LogP contribution is 2.28.